The molecule has 0 aliphatic heterocycles. The molecule has 0 aromatic heterocycles. The number of carbonyl (C=O) groups is 3. The molecule has 1 aliphatic rings. The van der Waals surface area contributed by atoms with E-state index in [2.05, 4.69) is 10.6 Å². The highest BCUT2D eigenvalue weighted by Gasteiger charge is 2.31. The largest absolute Gasteiger partial charge is 0.479 e. The number of nitrogens with one attached hydrogen (secondary N) is 2. The van der Waals surface area contributed by atoms with Gasteiger partial charge in [-0.3, -0.25) is 9.69 Å². The zero-order valence-corrected chi connectivity index (χ0v) is 23.6. The summed E-state index contributed by atoms with van der Waals surface area (Å²) in [5.74, 6) is -1.90. The van der Waals surface area contributed by atoms with Gasteiger partial charge in [0.1, 0.15) is 0 Å². The van der Waals surface area contributed by atoms with E-state index < -0.39 is 42.4 Å². The van der Waals surface area contributed by atoms with Crippen LogP contribution in [0.25, 0.3) is 0 Å². The number of urea groups is 1. The number of amides is 3. The van der Waals surface area contributed by atoms with Gasteiger partial charge in [0.25, 0.3) is 5.91 Å². The molecule has 3 aromatic rings. The molecule has 1 aliphatic carbocycles. The zero-order chi connectivity index (χ0) is 31.1. The Hall–Kier alpha value is -4.41. The van der Waals surface area contributed by atoms with Crippen molar-refractivity contribution in [1.82, 2.24) is 5.32 Å². The molecular formula is C32H33F4N3O4. The van der Waals surface area contributed by atoms with Gasteiger partial charge in [0.05, 0.1) is 18.7 Å². The number of halogens is 4. The van der Waals surface area contributed by atoms with Crippen molar-refractivity contribution in [3.8, 4) is 0 Å². The van der Waals surface area contributed by atoms with Gasteiger partial charge in [0, 0.05) is 16.9 Å². The van der Waals surface area contributed by atoms with Gasteiger partial charge in [-0.05, 0) is 84.8 Å². The van der Waals surface area contributed by atoms with E-state index in [1.165, 1.54) is 54.8 Å². The second-order valence-electron chi connectivity index (χ2n) is 10.7. The Balaban J connectivity index is 1.56. The number of carboxylic acids is 1. The van der Waals surface area contributed by atoms with Crippen molar-refractivity contribution in [2.24, 2.45) is 0 Å². The predicted molar refractivity (Wildman–Crippen MR) is 155 cm³/mol. The van der Waals surface area contributed by atoms with Gasteiger partial charge in [-0.15, -0.1) is 0 Å². The molecule has 3 amide bonds. The van der Waals surface area contributed by atoms with Crippen LogP contribution in [0.5, 0.6) is 0 Å². The maximum Gasteiger partial charge on any atom is 0.416 e. The Morgan fingerprint density at radius 3 is 2.21 bits per heavy atom. The molecular weight excluding hydrogens is 566 g/mol. The van der Waals surface area contributed by atoms with Crippen molar-refractivity contribution in [3.05, 3.63) is 94.5 Å². The van der Waals surface area contributed by atoms with Gasteiger partial charge in [-0.2, -0.15) is 13.2 Å². The highest BCUT2D eigenvalue weighted by atomic mass is 19.4. The molecule has 228 valence electrons. The van der Waals surface area contributed by atoms with Gasteiger partial charge in [0.15, 0.2) is 0 Å². The maximum absolute atomic E-state index is 13.5. The number of alkyl halides is 4. The first-order chi connectivity index (χ1) is 20.4. The second kappa shape index (κ2) is 13.7. The number of hydrogen-bond donors (Lipinski definition) is 3. The van der Waals surface area contributed by atoms with Crippen LogP contribution in [0.2, 0.25) is 0 Å². The summed E-state index contributed by atoms with van der Waals surface area (Å²) < 4.78 is 53.5. The molecule has 7 nitrogen and oxygen atoms in total. The summed E-state index contributed by atoms with van der Waals surface area (Å²) in [4.78, 5) is 37.9. The van der Waals surface area contributed by atoms with E-state index in [0.717, 1.165) is 25.0 Å². The molecule has 11 heteroatoms. The number of benzene rings is 3. The smallest absolute Gasteiger partial charge is 0.416 e. The number of carboxylic acid groups (broad SMARTS) is 1. The average Bonchev–Trinajstić information content (AvgIpc) is 2.98. The highest BCUT2D eigenvalue weighted by molar-refractivity contribution is 6.02. The van der Waals surface area contributed by atoms with Crippen LogP contribution in [0.3, 0.4) is 0 Å². The van der Waals surface area contributed by atoms with Crippen LogP contribution < -0.4 is 15.5 Å². The van der Waals surface area contributed by atoms with Gasteiger partial charge in [-0.1, -0.05) is 43.5 Å². The Labute approximate surface area is 246 Å². The van der Waals surface area contributed by atoms with E-state index in [9.17, 15) is 31.9 Å². The lowest BCUT2D eigenvalue weighted by atomic mass is 9.84. The fourth-order valence-electron chi connectivity index (χ4n) is 5.17. The van der Waals surface area contributed by atoms with Crippen LogP contribution >= 0.6 is 0 Å². The third-order valence-corrected chi connectivity index (χ3v) is 7.45. The number of hydrogen-bond acceptors (Lipinski definition) is 3. The summed E-state index contributed by atoms with van der Waals surface area (Å²) in [5.41, 5.74) is 1.94. The number of anilines is 2. The normalized spacial score (nSPS) is 14.5. The molecule has 3 aromatic carbocycles. The molecule has 4 rings (SSSR count). The third kappa shape index (κ3) is 8.56. The number of nitrogens with zero attached hydrogens (tertiary/aromatic N) is 1. The Morgan fingerprint density at radius 2 is 1.60 bits per heavy atom. The molecule has 0 saturated heterocycles. The molecule has 0 radical (unpaired) electrons. The van der Waals surface area contributed by atoms with Crippen molar-refractivity contribution in [2.45, 2.75) is 63.8 Å². The molecule has 1 unspecified atom stereocenters. The van der Waals surface area contributed by atoms with Crippen molar-refractivity contribution in [2.75, 3.05) is 16.8 Å². The molecule has 1 saturated carbocycles. The molecule has 0 spiro atoms. The molecule has 3 N–H and O–H groups in total. The van der Waals surface area contributed by atoms with E-state index in [1.807, 2.05) is 24.3 Å². The first-order valence-electron chi connectivity index (χ1n) is 14.0. The van der Waals surface area contributed by atoms with Crippen LogP contribution in [0.4, 0.5) is 33.7 Å². The van der Waals surface area contributed by atoms with Gasteiger partial charge in [0.2, 0.25) is 6.17 Å². The summed E-state index contributed by atoms with van der Waals surface area (Å²) in [6.45, 7) is 0.857. The summed E-state index contributed by atoms with van der Waals surface area (Å²) >= 11 is 0. The van der Waals surface area contributed by atoms with E-state index in [1.54, 1.807) is 12.1 Å². The van der Waals surface area contributed by atoms with Crippen molar-refractivity contribution in [3.63, 3.8) is 0 Å². The minimum Gasteiger partial charge on any atom is -0.479 e. The van der Waals surface area contributed by atoms with E-state index in [0.29, 0.717) is 22.7 Å². The lowest BCUT2D eigenvalue weighted by Crippen LogP contribution is -2.35. The summed E-state index contributed by atoms with van der Waals surface area (Å²) in [6.07, 6.45) is -1.07. The Morgan fingerprint density at radius 1 is 0.953 bits per heavy atom. The van der Waals surface area contributed by atoms with E-state index in [-0.39, 0.29) is 17.8 Å². The highest BCUT2D eigenvalue weighted by Crippen LogP contribution is 2.34. The first kappa shape index (κ1) is 31.5. The van der Waals surface area contributed by atoms with Crippen LogP contribution in [0.15, 0.2) is 66.7 Å². The van der Waals surface area contributed by atoms with Crippen molar-refractivity contribution >= 4 is 29.3 Å². The first-order valence-corrected chi connectivity index (χ1v) is 14.0. The summed E-state index contributed by atoms with van der Waals surface area (Å²) in [7, 11) is 0. The molecule has 0 bridgehead atoms. The number of rotatable bonds is 9. The minimum atomic E-state index is -4.58. The van der Waals surface area contributed by atoms with E-state index in [4.69, 9.17) is 5.11 Å². The Bertz CT molecular complexity index is 1440. The van der Waals surface area contributed by atoms with E-state index >= 15 is 0 Å². The summed E-state index contributed by atoms with van der Waals surface area (Å²) in [5, 5.41) is 13.5. The van der Waals surface area contributed by atoms with Gasteiger partial charge >= 0.3 is 18.2 Å². The standard InChI is InChI=1S/C32H33F4N3O4/c1-20-15-25(32(34,35)36)17-26(16-20)38-31(43)39(27-13-11-23(12-14-27)22-5-3-2-4-6-22)19-21-7-9-24(10-8-21)29(40)37-18-28(33)30(41)42/h7-17,22,28H,2-6,18-19H2,1H3,(H,37,40)(H,38,43)(H,41,42). The minimum absolute atomic E-state index is 0.000646. The fraction of sp³-hybridized carbons (Fsp3) is 0.344. The summed E-state index contributed by atoms with van der Waals surface area (Å²) in [6, 6.07) is 16.4. The average molecular weight is 600 g/mol. The molecule has 1 atom stereocenters. The van der Waals surface area contributed by atoms with Gasteiger partial charge < -0.3 is 15.7 Å². The number of aryl methyl sites for hydroxylation is 1. The topological polar surface area (TPSA) is 98.7 Å². The van der Waals surface area contributed by atoms with Crippen molar-refractivity contribution in [1.29, 1.82) is 0 Å². The van der Waals surface area contributed by atoms with Crippen LogP contribution in [-0.2, 0) is 17.5 Å². The third-order valence-electron chi connectivity index (χ3n) is 7.45. The quantitative estimate of drug-likeness (QED) is 0.223. The lowest BCUT2D eigenvalue weighted by Gasteiger charge is -2.26. The monoisotopic (exact) mass is 599 g/mol. The predicted octanol–water partition coefficient (Wildman–Crippen LogP) is 7.45. The van der Waals surface area contributed by atoms with Gasteiger partial charge in [-0.25, -0.2) is 14.0 Å². The second-order valence-corrected chi connectivity index (χ2v) is 10.7. The van der Waals surface area contributed by atoms with Crippen molar-refractivity contribution < 1.29 is 37.1 Å². The Kier molecular flexibility index (Phi) is 10.1. The zero-order valence-electron chi connectivity index (χ0n) is 23.6. The molecule has 43 heavy (non-hydrogen) atoms. The SMILES string of the molecule is Cc1cc(NC(=O)N(Cc2ccc(C(=O)NCC(F)C(=O)O)cc2)c2ccc(C3CCCCC3)cc2)cc(C(F)(F)F)c1. The molecule has 0 heterocycles. The number of aliphatic carboxylic acids is 1. The molecule has 1 fully saturated rings. The number of carbonyl (C=O) groups excluding carboxylic acids is 2. The maximum atomic E-state index is 13.5. The fourth-order valence-corrected chi connectivity index (χ4v) is 5.17. The van der Waals surface area contributed by atoms with Crippen LogP contribution in [-0.4, -0.2) is 35.7 Å². The van der Waals surface area contributed by atoms with Crippen LogP contribution in [0, 0.1) is 6.92 Å². The lowest BCUT2D eigenvalue weighted by molar-refractivity contribution is -0.142. The van der Waals surface area contributed by atoms with Crippen LogP contribution in [0.1, 0.15) is 70.6 Å².